The van der Waals surface area contributed by atoms with E-state index in [1.807, 2.05) is 18.2 Å². The third kappa shape index (κ3) is 9.39. The molecule has 0 fully saturated rings. The molecule has 0 aliphatic rings. The Kier molecular flexibility index (Phi) is 8.60. The summed E-state index contributed by atoms with van der Waals surface area (Å²) < 4.78 is 36.8. The van der Waals surface area contributed by atoms with E-state index in [1.54, 1.807) is 7.05 Å². The van der Waals surface area contributed by atoms with E-state index >= 15 is 0 Å². The first-order valence-electron chi connectivity index (χ1n) is 8.06. The van der Waals surface area contributed by atoms with E-state index in [2.05, 4.69) is 34.7 Å². The lowest BCUT2D eigenvalue weighted by atomic mass is 10.1. The summed E-state index contributed by atoms with van der Waals surface area (Å²) in [6.07, 6.45) is -2.26. The number of rotatable bonds is 8. The lowest BCUT2D eigenvalue weighted by Gasteiger charge is -2.21. The standard InChI is InChI=1S/C17H27F3N4/c1-14(9-10-15-7-5-4-6-8-15)23-16(21-2)22-11-12-24(3)13-17(18,19)20/h4-8,14H,9-13H2,1-3H3,(H2,21,22,23). The fraction of sp³-hybridized carbons (Fsp3) is 0.588. The van der Waals surface area contributed by atoms with Crippen molar-refractivity contribution in [3.63, 3.8) is 0 Å². The van der Waals surface area contributed by atoms with Gasteiger partial charge in [-0.1, -0.05) is 30.3 Å². The van der Waals surface area contributed by atoms with Gasteiger partial charge in [-0.2, -0.15) is 13.2 Å². The zero-order valence-electron chi connectivity index (χ0n) is 14.5. The molecule has 0 aliphatic carbocycles. The van der Waals surface area contributed by atoms with E-state index in [4.69, 9.17) is 0 Å². The Hall–Kier alpha value is -1.76. The average Bonchev–Trinajstić information content (AvgIpc) is 2.51. The van der Waals surface area contributed by atoms with Crippen molar-refractivity contribution in [3.05, 3.63) is 35.9 Å². The lowest BCUT2D eigenvalue weighted by molar-refractivity contribution is -0.142. The normalized spacial score (nSPS) is 13.9. The largest absolute Gasteiger partial charge is 0.401 e. The van der Waals surface area contributed by atoms with Gasteiger partial charge in [0.25, 0.3) is 0 Å². The van der Waals surface area contributed by atoms with Crippen molar-refractivity contribution in [3.8, 4) is 0 Å². The fourth-order valence-corrected chi connectivity index (χ4v) is 2.28. The quantitative estimate of drug-likeness (QED) is 0.563. The Bertz CT molecular complexity index is 488. The molecular weight excluding hydrogens is 317 g/mol. The fourth-order valence-electron chi connectivity index (χ4n) is 2.28. The molecule has 0 spiro atoms. The Labute approximate surface area is 142 Å². The van der Waals surface area contributed by atoms with Crippen LogP contribution in [0.25, 0.3) is 0 Å². The number of benzene rings is 1. The van der Waals surface area contributed by atoms with Crippen LogP contribution in [0.1, 0.15) is 18.9 Å². The van der Waals surface area contributed by atoms with Gasteiger partial charge < -0.3 is 10.6 Å². The minimum absolute atomic E-state index is 0.212. The molecule has 1 atom stereocenters. The summed E-state index contributed by atoms with van der Waals surface area (Å²) in [4.78, 5) is 5.34. The van der Waals surface area contributed by atoms with E-state index in [9.17, 15) is 13.2 Å². The number of hydrogen-bond donors (Lipinski definition) is 2. The molecule has 0 amide bonds. The number of nitrogens with zero attached hydrogens (tertiary/aromatic N) is 2. The summed E-state index contributed by atoms with van der Waals surface area (Å²) in [6, 6.07) is 10.4. The number of hydrogen-bond acceptors (Lipinski definition) is 2. The molecule has 0 aromatic heterocycles. The number of alkyl halides is 3. The highest BCUT2D eigenvalue weighted by Crippen LogP contribution is 2.14. The van der Waals surface area contributed by atoms with Crippen molar-refractivity contribution in [2.24, 2.45) is 4.99 Å². The molecular formula is C17H27F3N4. The van der Waals surface area contributed by atoms with Crippen LogP contribution in [-0.4, -0.2) is 56.8 Å². The number of likely N-dealkylation sites (N-methyl/N-ethyl adjacent to an activating group) is 1. The van der Waals surface area contributed by atoms with Crippen LogP contribution >= 0.6 is 0 Å². The van der Waals surface area contributed by atoms with E-state index < -0.39 is 12.7 Å². The van der Waals surface area contributed by atoms with Gasteiger partial charge in [0.15, 0.2) is 5.96 Å². The van der Waals surface area contributed by atoms with Crippen LogP contribution in [0.2, 0.25) is 0 Å². The van der Waals surface area contributed by atoms with E-state index in [-0.39, 0.29) is 6.04 Å². The van der Waals surface area contributed by atoms with E-state index in [0.717, 1.165) is 12.8 Å². The van der Waals surface area contributed by atoms with Crippen molar-refractivity contribution in [2.45, 2.75) is 32.0 Å². The molecule has 1 aromatic rings. The van der Waals surface area contributed by atoms with Gasteiger partial charge in [0.05, 0.1) is 6.54 Å². The maximum absolute atomic E-state index is 12.3. The van der Waals surface area contributed by atoms with E-state index in [1.165, 1.54) is 17.5 Å². The third-order valence-corrected chi connectivity index (χ3v) is 3.55. The van der Waals surface area contributed by atoms with Crippen LogP contribution in [0.5, 0.6) is 0 Å². The Morgan fingerprint density at radius 3 is 2.50 bits per heavy atom. The Morgan fingerprint density at radius 2 is 1.92 bits per heavy atom. The topological polar surface area (TPSA) is 39.7 Å². The minimum atomic E-state index is -4.17. The molecule has 1 rings (SSSR count). The molecule has 136 valence electrons. The van der Waals surface area contributed by atoms with Gasteiger partial charge in [0.1, 0.15) is 0 Å². The van der Waals surface area contributed by atoms with Crippen LogP contribution in [0, 0.1) is 0 Å². The van der Waals surface area contributed by atoms with Crippen molar-refractivity contribution in [1.82, 2.24) is 15.5 Å². The highest BCUT2D eigenvalue weighted by molar-refractivity contribution is 5.79. The Morgan fingerprint density at radius 1 is 1.25 bits per heavy atom. The second-order valence-corrected chi connectivity index (χ2v) is 5.92. The van der Waals surface area contributed by atoms with E-state index in [0.29, 0.717) is 19.0 Å². The van der Waals surface area contributed by atoms with Gasteiger partial charge in [-0.05, 0) is 32.4 Å². The van der Waals surface area contributed by atoms with Gasteiger partial charge in [-0.3, -0.25) is 9.89 Å². The summed E-state index contributed by atoms with van der Waals surface area (Å²) in [7, 11) is 3.10. The van der Waals surface area contributed by atoms with Gasteiger partial charge in [0, 0.05) is 26.2 Å². The smallest absolute Gasteiger partial charge is 0.355 e. The molecule has 0 saturated carbocycles. The van der Waals surface area contributed by atoms with Crippen LogP contribution in [-0.2, 0) is 6.42 Å². The second-order valence-electron chi connectivity index (χ2n) is 5.92. The number of halogens is 3. The second kappa shape index (κ2) is 10.2. The van der Waals surface area contributed by atoms with Gasteiger partial charge in [-0.15, -0.1) is 0 Å². The molecule has 24 heavy (non-hydrogen) atoms. The third-order valence-electron chi connectivity index (χ3n) is 3.55. The number of guanidine groups is 1. The van der Waals surface area contributed by atoms with Crippen LogP contribution < -0.4 is 10.6 Å². The van der Waals surface area contributed by atoms with Gasteiger partial charge in [0.2, 0.25) is 0 Å². The molecule has 4 nitrogen and oxygen atoms in total. The predicted octanol–water partition coefficient (Wildman–Crippen LogP) is 2.67. The van der Waals surface area contributed by atoms with Crippen molar-refractivity contribution in [2.75, 3.05) is 33.7 Å². The molecule has 7 heteroatoms. The highest BCUT2D eigenvalue weighted by Gasteiger charge is 2.28. The molecule has 0 heterocycles. The summed E-state index contributed by atoms with van der Waals surface area (Å²) >= 11 is 0. The Balaban J connectivity index is 2.26. The first kappa shape index (κ1) is 20.3. The molecule has 0 saturated heterocycles. The molecule has 1 aromatic carbocycles. The number of nitrogens with one attached hydrogen (secondary N) is 2. The molecule has 0 aliphatic heterocycles. The van der Waals surface area contributed by atoms with Crippen molar-refractivity contribution < 1.29 is 13.2 Å². The van der Waals surface area contributed by atoms with Crippen LogP contribution in [0.15, 0.2) is 35.3 Å². The number of aliphatic imine (C=N–C) groups is 1. The molecule has 1 unspecified atom stereocenters. The van der Waals surface area contributed by atoms with Crippen LogP contribution in [0.3, 0.4) is 0 Å². The molecule has 0 bridgehead atoms. The average molecular weight is 344 g/mol. The summed E-state index contributed by atoms with van der Waals surface area (Å²) in [5.41, 5.74) is 1.28. The molecule has 2 N–H and O–H groups in total. The molecule has 0 radical (unpaired) electrons. The predicted molar refractivity (Wildman–Crippen MR) is 92.3 cm³/mol. The highest BCUT2D eigenvalue weighted by atomic mass is 19.4. The first-order valence-corrected chi connectivity index (χ1v) is 8.06. The summed E-state index contributed by atoms with van der Waals surface area (Å²) in [5.74, 6) is 0.607. The first-order chi connectivity index (χ1) is 11.3. The lowest BCUT2D eigenvalue weighted by Crippen LogP contribution is -2.45. The number of aryl methyl sites for hydroxylation is 1. The zero-order chi connectivity index (χ0) is 18.0. The van der Waals surface area contributed by atoms with Gasteiger partial charge in [-0.25, -0.2) is 0 Å². The summed E-state index contributed by atoms with van der Waals surface area (Å²) in [6.45, 7) is 1.84. The maximum atomic E-state index is 12.3. The summed E-state index contributed by atoms with van der Waals surface area (Å²) in [5, 5.41) is 6.30. The van der Waals surface area contributed by atoms with Gasteiger partial charge >= 0.3 is 6.18 Å². The monoisotopic (exact) mass is 344 g/mol. The zero-order valence-corrected chi connectivity index (χ0v) is 14.5. The van der Waals surface area contributed by atoms with Crippen molar-refractivity contribution >= 4 is 5.96 Å². The maximum Gasteiger partial charge on any atom is 0.401 e. The minimum Gasteiger partial charge on any atom is -0.355 e. The van der Waals surface area contributed by atoms with Crippen LogP contribution in [0.4, 0.5) is 13.2 Å². The van der Waals surface area contributed by atoms with Crippen molar-refractivity contribution in [1.29, 1.82) is 0 Å². The SMILES string of the molecule is CN=C(NCCN(C)CC(F)(F)F)NC(C)CCc1ccccc1.